The van der Waals surface area contributed by atoms with Gasteiger partial charge in [0.25, 0.3) is 0 Å². The number of ether oxygens (including phenoxy) is 6. The first kappa shape index (κ1) is 54.5. The zero-order chi connectivity index (χ0) is 46.5. The summed E-state index contributed by atoms with van der Waals surface area (Å²) in [6.45, 7) is 13.9. The molecule has 3 aliphatic carbocycles. The van der Waals surface area contributed by atoms with Crippen molar-refractivity contribution in [3.63, 3.8) is 0 Å². The Morgan fingerprint density at radius 3 is 2.06 bits per heavy atom. The van der Waals surface area contributed by atoms with Gasteiger partial charge in [0.2, 0.25) is 0 Å². The molecule has 0 amide bonds. The molecule has 0 saturated heterocycles. The van der Waals surface area contributed by atoms with Crippen LogP contribution in [-0.4, -0.2) is 125 Å². The second-order valence-corrected chi connectivity index (χ2v) is 20.9. The predicted molar refractivity (Wildman–Crippen MR) is 231 cm³/mol. The summed E-state index contributed by atoms with van der Waals surface area (Å²) < 4.78 is 152. The Balaban J connectivity index is 1.09. The first-order valence-corrected chi connectivity index (χ1v) is 25.0. The maximum absolute atomic E-state index is 13.2. The van der Waals surface area contributed by atoms with Crippen LogP contribution < -0.4 is 4.74 Å². The molecule has 0 N–H and O–H groups in total. The van der Waals surface area contributed by atoms with Gasteiger partial charge in [-0.2, -0.15) is 39.5 Å². The number of alkyl halides is 9. The fourth-order valence-corrected chi connectivity index (χ4v) is 11.5. The summed E-state index contributed by atoms with van der Waals surface area (Å²) in [6, 6.07) is 6.39. The van der Waals surface area contributed by atoms with Crippen molar-refractivity contribution in [1.29, 1.82) is 0 Å². The van der Waals surface area contributed by atoms with Crippen LogP contribution >= 0.6 is 21.6 Å². The van der Waals surface area contributed by atoms with E-state index in [1.165, 1.54) is 11.1 Å². The number of nitrogens with zero attached hydrogens (tertiary/aromatic N) is 1. The molecule has 18 heteroatoms. The van der Waals surface area contributed by atoms with Gasteiger partial charge in [0.1, 0.15) is 12.4 Å². The van der Waals surface area contributed by atoms with Gasteiger partial charge >= 0.3 is 24.1 Å². The van der Waals surface area contributed by atoms with Crippen molar-refractivity contribution in [3.8, 4) is 5.75 Å². The van der Waals surface area contributed by atoms with Crippen molar-refractivity contribution in [2.24, 2.45) is 23.2 Å². The summed E-state index contributed by atoms with van der Waals surface area (Å²) >= 11 is 0. The smallest absolute Gasteiger partial charge is 0.435 e. The molecule has 5 unspecified atom stereocenters. The van der Waals surface area contributed by atoms with Gasteiger partial charge in [-0.15, -0.1) is 0 Å². The topological polar surface area (TPSA) is 58.6 Å². The van der Waals surface area contributed by atoms with Crippen molar-refractivity contribution in [3.05, 3.63) is 29.3 Å². The number of fused-ring (bicyclic) bond motifs is 5. The number of rotatable bonds is 28. The van der Waals surface area contributed by atoms with Crippen molar-refractivity contribution in [2.45, 2.75) is 147 Å². The Hall–Kier alpha value is -1.15. The zero-order valence-electron chi connectivity index (χ0n) is 37.7. The minimum absolute atomic E-state index is 0.218. The number of aryl methyl sites for hydroxylation is 1. The fraction of sp³-hybridized carbons (Fsp3) is 0.867. The summed E-state index contributed by atoms with van der Waals surface area (Å²) in [4.78, 5) is 2.29. The van der Waals surface area contributed by atoms with Crippen LogP contribution in [0, 0.1) is 23.2 Å². The maximum atomic E-state index is 13.2. The number of halogens is 9. The fourth-order valence-electron chi connectivity index (χ4n) is 9.59. The van der Waals surface area contributed by atoms with Crippen LogP contribution in [0.4, 0.5) is 39.5 Å². The summed E-state index contributed by atoms with van der Waals surface area (Å²) in [5, 5.41) is 0. The monoisotopic (exact) mass is 955 g/mol. The van der Waals surface area contributed by atoms with E-state index in [-0.39, 0.29) is 30.3 Å². The Kier molecular flexibility index (Phi) is 21.4. The van der Waals surface area contributed by atoms with Crippen LogP contribution in [0.3, 0.4) is 0 Å². The molecule has 3 aliphatic rings. The molecule has 0 bridgehead atoms. The minimum Gasteiger partial charge on any atom is -0.492 e. The molecule has 0 spiro atoms. The molecular weight excluding hydrogens is 886 g/mol. The van der Waals surface area contributed by atoms with Gasteiger partial charge in [-0.1, -0.05) is 34.6 Å². The average Bonchev–Trinajstić information content (AvgIpc) is 3.52. The van der Waals surface area contributed by atoms with Gasteiger partial charge in [0.15, 0.2) is 0 Å². The average molecular weight is 956 g/mol. The highest BCUT2D eigenvalue weighted by atomic mass is 33.1. The Morgan fingerprint density at radius 1 is 0.746 bits per heavy atom. The van der Waals surface area contributed by atoms with E-state index in [1.54, 1.807) is 0 Å². The maximum Gasteiger partial charge on any atom is 0.435 e. The number of benzene rings is 1. The van der Waals surface area contributed by atoms with Gasteiger partial charge in [-0.3, -0.25) is 0 Å². The van der Waals surface area contributed by atoms with Crippen LogP contribution in [0.5, 0.6) is 5.75 Å². The van der Waals surface area contributed by atoms with Gasteiger partial charge in [0.05, 0.1) is 44.7 Å². The molecule has 2 fully saturated rings. The molecule has 2 saturated carbocycles. The number of hydrogen-bond donors (Lipinski definition) is 0. The number of likely N-dealkylation sites (N-methyl/N-ethyl adjacent to an activating group) is 1. The standard InChI is InChI=1S/C45H70F9NO6S2/c1-31(2)59-29-33(30-60-32(3)4)10-7-21-56-25-27-63-62-26-8-19-55(6)20-24-57-35-12-14-36-34(28-35)11-13-38-37(36)17-18-41(5)39(38)15-16-40(41)58-22-9-23-61-42(43(46,47)48,44(49,50)51)45(52,53)54/h12,14,28,31-33,37-40H,7-11,13,15-27,29-30H2,1-6H3. The van der Waals surface area contributed by atoms with Crippen LogP contribution in [0.2, 0.25) is 0 Å². The Bertz CT molecular complexity index is 1440. The molecule has 63 heavy (non-hydrogen) atoms. The lowest BCUT2D eigenvalue weighted by molar-refractivity contribution is -0.457. The molecule has 4 rings (SSSR count). The van der Waals surface area contributed by atoms with Crippen LogP contribution in [-0.2, 0) is 30.1 Å². The second kappa shape index (κ2) is 24.7. The third kappa shape index (κ3) is 15.2. The normalized spacial score (nSPS) is 23.2. The highest BCUT2D eigenvalue weighted by Crippen LogP contribution is 2.62. The quantitative estimate of drug-likeness (QED) is 0.0464. The molecular formula is C45H70F9NO6S2. The SMILES string of the molecule is CC(C)OCC(CCCOCCSSCCCN(C)CCOc1ccc2c(c1)CCC1C2CCC2(C)C(OCCCOC(C(F)(F)F)(C(F)(F)F)C(F)(F)F)CCC12)COC(C)C. The van der Waals surface area contributed by atoms with E-state index >= 15 is 0 Å². The van der Waals surface area contributed by atoms with Crippen LogP contribution in [0.15, 0.2) is 18.2 Å². The third-order valence-electron chi connectivity index (χ3n) is 12.9. The lowest BCUT2D eigenvalue weighted by Crippen LogP contribution is -2.67. The van der Waals surface area contributed by atoms with E-state index < -0.39 is 37.2 Å². The Morgan fingerprint density at radius 2 is 1.41 bits per heavy atom. The molecule has 366 valence electrons. The first-order valence-electron chi connectivity index (χ1n) is 22.6. The van der Waals surface area contributed by atoms with E-state index in [9.17, 15) is 39.5 Å². The Labute approximate surface area is 376 Å². The van der Waals surface area contributed by atoms with Gasteiger partial charge in [-0.05, 0) is 152 Å². The molecule has 0 aliphatic heterocycles. The van der Waals surface area contributed by atoms with Gasteiger partial charge < -0.3 is 33.3 Å². The molecule has 0 aromatic heterocycles. The lowest BCUT2D eigenvalue weighted by Gasteiger charge is -2.50. The molecule has 7 nitrogen and oxygen atoms in total. The van der Waals surface area contributed by atoms with E-state index in [1.807, 2.05) is 27.7 Å². The molecule has 0 radical (unpaired) electrons. The van der Waals surface area contributed by atoms with Crippen molar-refractivity contribution in [2.75, 3.05) is 77.9 Å². The minimum atomic E-state index is -6.74. The summed E-state index contributed by atoms with van der Waals surface area (Å²) in [6.07, 6.45) is -12.4. The molecule has 1 aromatic rings. The van der Waals surface area contributed by atoms with Crippen molar-refractivity contribution in [1.82, 2.24) is 4.90 Å². The largest absolute Gasteiger partial charge is 0.492 e. The second-order valence-electron chi connectivity index (χ2n) is 18.2. The van der Waals surface area contributed by atoms with Crippen molar-refractivity contribution < 1.29 is 67.9 Å². The van der Waals surface area contributed by atoms with Crippen molar-refractivity contribution >= 4 is 21.6 Å². The van der Waals surface area contributed by atoms with Crippen LogP contribution in [0.1, 0.15) is 109 Å². The highest BCUT2D eigenvalue weighted by molar-refractivity contribution is 8.76. The number of hydrogen-bond acceptors (Lipinski definition) is 9. The molecule has 0 heterocycles. The lowest BCUT2D eigenvalue weighted by atomic mass is 9.55. The summed E-state index contributed by atoms with van der Waals surface area (Å²) in [7, 11) is 5.85. The van der Waals surface area contributed by atoms with Gasteiger partial charge in [-0.25, -0.2) is 0 Å². The molecule has 1 aromatic carbocycles. The van der Waals surface area contributed by atoms with E-state index in [4.69, 9.17) is 23.7 Å². The molecule has 5 atom stereocenters. The zero-order valence-corrected chi connectivity index (χ0v) is 39.4. The summed E-state index contributed by atoms with van der Waals surface area (Å²) in [5.74, 6) is 4.33. The summed E-state index contributed by atoms with van der Waals surface area (Å²) in [5.41, 5.74) is -3.90. The van der Waals surface area contributed by atoms with Crippen LogP contribution in [0.25, 0.3) is 0 Å². The first-order chi connectivity index (χ1) is 29.6. The van der Waals surface area contributed by atoms with E-state index in [0.29, 0.717) is 36.7 Å². The third-order valence-corrected chi connectivity index (χ3v) is 15.3. The van der Waals surface area contributed by atoms with E-state index in [0.717, 1.165) is 108 Å². The van der Waals surface area contributed by atoms with E-state index in [2.05, 4.69) is 63.4 Å². The van der Waals surface area contributed by atoms with Gasteiger partial charge in [0, 0.05) is 37.2 Å². The predicted octanol–water partition coefficient (Wildman–Crippen LogP) is 12.1. The highest BCUT2D eigenvalue weighted by Gasteiger charge is 2.85.